The average molecular weight is 435 g/mol. The van der Waals surface area contributed by atoms with Gasteiger partial charge < -0.3 is 4.74 Å². The van der Waals surface area contributed by atoms with Gasteiger partial charge in [0.1, 0.15) is 11.8 Å². The molecule has 0 radical (unpaired) electrons. The molecule has 29 heavy (non-hydrogen) atoms. The molecule has 1 aromatic carbocycles. The van der Waals surface area contributed by atoms with Crippen LogP contribution in [0.1, 0.15) is 36.8 Å². The first-order valence-electron chi connectivity index (χ1n) is 9.51. The van der Waals surface area contributed by atoms with E-state index in [1.807, 2.05) is 0 Å². The Hall–Kier alpha value is -2.22. The molecule has 0 atom stereocenters. The van der Waals surface area contributed by atoms with Crippen LogP contribution in [0, 0.1) is 0 Å². The molecule has 1 saturated heterocycles. The second-order valence-electron chi connectivity index (χ2n) is 6.82. The largest absolute Gasteiger partial charge is 0.458 e. The van der Waals surface area contributed by atoms with Crippen molar-refractivity contribution in [1.82, 2.24) is 9.29 Å². The summed E-state index contributed by atoms with van der Waals surface area (Å²) in [6.45, 7) is 1.23. The van der Waals surface area contributed by atoms with Crippen LogP contribution in [0.15, 0.2) is 53.6 Å². The van der Waals surface area contributed by atoms with E-state index in [1.54, 1.807) is 53.0 Å². The Kier molecular flexibility index (Phi) is 7.41. The van der Waals surface area contributed by atoms with E-state index in [4.69, 9.17) is 16.3 Å². The van der Waals surface area contributed by atoms with Crippen LogP contribution in [0.4, 0.5) is 0 Å². The molecule has 8 heteroatoms. The molecule has 2 heterocycles. The van der Waals surface area contributed by atoms with Crippen molar-refractivity contribution in [2.45, 2.75) is 37.2 Å². The first-order valence-corrected chi connectivity index (χ1v) is 11.3. The molecule has 0 bridgehead atoms. The molecular weight excluding hydrogens is 412 g/mol. The fourth-order valence-electron chi connectivity index (χ4n) is 3.04. The van der Waals surface area contributed by atoms with Crippen molar-refractivity contribution >= 4 is 33.7 Å². The summed E-state index contributed by atoms with van der Waals surface area (Å²) in [7, 11) is -3.47. The summed E-state index contributed by atoms with van der Waals surface area (Å²) in [5.74, 6) is -0.499. The van der Waals surface area contributed by atoms with Gasteiger partial charge in [0, 0.05) is 30.9 Å². The minimum absolute atomic E-state index is 0.0976. The van der Waals surface area contributed by atoms with E-state index >= 15 is 0 Å². The van der Waals surface area contributed by atoms with Gasteiger partial charge >= 0.3 is 5.97 Å². The molecule has 0 N–H and O–H groups in total. The number of sulfonamides is 1. The maximum atomic E-state index is 12.8. The highest BCUT2D eigenvalue weighted by molar-refractivity contribution is 7.89. The fourth-order valence-corrected chi connectivity index (χ4v) is 4.67. The van der Waals surface area contributed by atoms with Gasteiger partial charge in [-0.25, -0.2) is 18.2 Å². The Bertz CT molecular complexity index is 949. The fraction of sp³-hybridized carbons (Fsp3) is 0.333. The van der Waals surface area contributed by atoms with Crippen molar-refractivity contribution in [2.75, 3.05) is 13.1 Å². The van der Waals surface area contributed by atoms with Gasteiger partial charge in [-0.05, 0) is 42.7 Å². The normalized spacial score (nSPS) is 15.9. The average Bonchev–Trinajstić information content (AvgIpc) is 3.02. The summed E-state index contributed by atoms with van der Waals surface area (Å²) in [5.41, 5.74) is 1.45. The quantitative estimate of drug-likeness (QED) is 0.389. The third-order valence-electron chi connectivity index (χ3n) is 4.66. The monoisotopic (exact) mass is 434 g/mol. The van der Waals surface area contributed by atoms with Gasteiger partial charge in [0.05, 0.1) is 4.90 Å². The topological polar surface area (TPSA) is 76.6 Å². The maximum absolute atomic E-state index is 12.8. The molecule has 1 fully saturated rings. The molecule has 0 saturated carbocycles. The first kappa shape index (κ1) is 21.5. The van der Waals surface area contributed by atoms with Crippen molar-refractivity contribution in [2.24, 2.45) is 0 Å². The zero-order chi connectivity index (χ0) is 20.7. The molecule has 0 amide bonds. The van der Waals surface area contributed by atoms with Crippen molar-refractivity contribution < 1.29 is 17.9 Å². The molecule has 6 nitrogen and oxygen atoms in total. The smallest absolute Gasteiger partial charge is 0.331 e. The van der Waals surface area contributed by atoms with Crippen molar-refractivity contribution in [3.8, 4) is 0 Å². The molecular formula is C21H23ClN2O4S. The van der Waals surface area contributed by atoms with E-state index in [1.165, 1.54) is 6.08 Å². The second kappa shape index (κ2) is 10.0. The number of carbonyl (C=O) groups excluding carboxylic acids is 1. The number of hydrogen-bond acceptors (Lipinski definition) is 5. The van der Waals surface area contributed by atoms with Crippen molar-refractivity contribution in [3.05, 3.63) is 65.0 Å². The Balaban J connectivity index is 1.57. The van der Waals surface area contributed by atoms with Gasteiger partial charge in [-0.1, -0.05) is 42.6 Å². The van der Waals surface area contributed by atoms with E-state index in [2.05, 4.69) is 4.98 Å². The number of carbonyl (C=O) groups is 1. The second-order valence-corrected chi connectivity index (χ2v) is 9.14. The summed E-state index contributed by atoms with van der Waals surface area (Å²) in [6.07, 6.45) is 8.37. The Morgan fingerprint density at radius 1 is 1.07 bits per heavy atom. The van der Waals surface area contributed by atoms with Crippen LogP contribution in [0.25, 0.3) is 6.08 Å². The lowest BCUT2D eigenvalue weighted by atomic mass is 10.2. The number of halogens is 1. The van der Waals surface area contributed by atoms with Crippen molar-refractivity contribution in [3.63, 3.8) is 0 Å². The SMILES string of the molecule is O=C(/C=C/c1ccc(S(=O)(=O)N2CCCCCC2)cc1)OCc1ccc(Cl)nc1. The zero-order valence-corrected chi connectivity index (χ0v) is 17.5. The Morgan fingerprint density at radius 3 is 2.38 bits per heavy atom. The van der Waals surface area contributed by atoms with E-state index < -0.39 is 16.0 Å². The summed E-state index contributed by atoms with van der Waals surface area (Å²) in [6, 6.07) is 9.86. The van der Waals surface area contributed by atoms with Crippen LogP contribution in [-0.4, -0.2) is 36.8 Å². The molecule has 0 spiro atoms. The predicted molar refractivity (Wildman–Crippen MR) is 112 cm³/mol. The highest BCUT2D eigenvalue weighted by Crippen LogP contribution is 2.21. The molecule has 1 aliphatic rings. The van der Waals surface area contributed by atoms with Gasteiger partial charge in [0.15, 0.2) is 0 Å². The van der Waals surface area contributed by atoms with E-state index in [0.29, 0.717) is 23.8 Å². The predicted octanol–water partition coefficient (Wildman–Crippen LogP) is 4.06. The molecule has 1 aromatic heterocycles. The number of aromatic nitrogens is 1. The standard InChI is InChI=1S/C21H23ClN2O4S/c22-20-11-7-18(15-23-20)16-28-21(25)12-8-17-5-9-19(10-6-17)29(26,27)24-13-3-1-2-4-14-24/h5-12,15H,1-4,13-14,16H2/b12-8+. The third-order valence-corrected chi connectivity index (χ3v) is 6.80. The number of rotatable bonds is 6. The first-order chi connectivity index (χ1) is 13.9. The Labute approximate surface area is 176 Å². The van der Waals surface area contributed by atoms with E-state index in [9.17, 15) is 13.2 Å². The van der Waals surface area contributed by atoms with Gasteiger partial charge in [0.25, 0.3) is 0 Å². The number of benzene rings is 1. The number of pyridine rings is 1. The van der Waals surface area contributed by atoms with Gasteiger partial charge in [0.2, 0.25) is 10.0 Å². The maximum Gasteiger partial charge on any atom is 0.331 e. The Morgan fingerprint density at radius 2 is 1.76 bits per heavy atom. The van der Waals surface area contributed by atoms with Crippen LogP contribution >= 0.6 is 11.6 Å². The molecule has 1 aliphatic heterocycles. The number of hydrogen-bond donors (Lipinski definition) is 0. The summed E-state index contributed by atoms with van der Waals surface area (Å²) < 4.78 is 32.3. The van der Waals surface area contributed by atoms with Gasteiger partial charge in [-0.3, -0.25) is 0 Å². The van der Waals surface area contributed by atoms with Gasteiger partial charge in [-0.15, -0.1) is 0 Å². The van der Waals surface area contributed by atoms with Crippen LogP contribution in [0.2, 0.25) is 5.15 Å². The molecule has 154 valence electrons. The van der Waals surface area contributed by atoms with Crippen LogP contribution in [-0.2, 0) is 26.2 Å². The highest BCUT2D eigenvalue weighted by Gasteiger charge is 2.24. The lowest BCUT2D eigenvalue weighted by molar-refractivity contribution is -0.138. The lowest BCUT2D eigenvalue weighted by Crippen LogP contribution is -2.31. The minimum atomic E-state index is -3.47. The van der Waals surface area contributed by atoms with Crippen LogP contribution < -0.4 is 0 Å². The minimum Gasteiger partial charge on any atom is -0.458 e. The zero-order valence-electron chi connectivity index (χ0n) is 16.0. The van der Waals surface area contributed by atoms with E-state index in [0.717, 1.165) is 31.2 Å². The summed E-state index contributed by atoms with van der Waals surface area (Å²) in [4.78, 5) is 16.1. The third kappa shape index (κ3) is 6.13. The number of nitrogens with zero attached hydrogens (tertiary/aromatic N) is 2. The highest BCUT2D eigenvalue weighted by atomic mass is 35.5. The molecule has 2 aromatic rings. The lowest BCUT2D eigenvalue weighted by Gasteiger charge is -2.19. The molecule has 0 unspecified atom stereocenters. The summed E-state index contributed by atoms with van der Waals surface area (Å²) in [5, 5.41) is 0.376. The molecule has 3 rings (SSSR count). The summed E-state index contributed by atoms with van der Waals surface area (Å²) >= 11 is 5.71. The van der Waals surface area contributed by atoms with Gasteiger partial charge in [-0.2, -0.15) is 4.31 Å². The van der Waals surface area contributed by atoms with Crippen LogP contribution in [0.5, 0.6) is 0 Å². The van der Waals surface area contributed by atoms with E-state index in [-0.39, 0.29) is 11.5 Å². The van der Waals surface area contributed by atoms with Crippen LogP contribution in [0.3, 0.4) is 0 Å². The number of esters is 1. The molecule has 0 aliphatic carbocycles. The van der Waals surface area contributed by atoms with Crippen molar-refractivity contribution in [1.29, 1.82) is 0 Å². The number of ether oxygens (including phenoxy) is 1.